The lowest BCUT2D eigenvalue weighted by atomic mass is 10.2. The lowest BCUT2D eigenvalue weighted by molar-refractivity contribution is 0.102. The molecule has 2 rings (SSSR count). The minimum atomic E-state index is -0.190. The summed E-state index contributed by atoms with van der Waals surface area (Å²) in [5.74, 6) is 0.597. The highest BCUT2D eigenvalue weighted by atomic mass is 79.9. The van der Waals surface area contributed by atoms with Crippen molar-refractivity contribution in [1.29, 1.82) is 0 Å². The van der Waals surface area contributed by atoms with Crippen LogP contribution in [0.2, 0.25) is 5.02 Å². The van der Waals surface area contributed by atoms with E-state index in [-0.39, 0.29) is 5.91 Å². The number of carbonyl (C=O) groups is 1. The Bertz CT molecular complexity index is 655. The Balaban J connectivity index is 2.21. The van der Waals surface area contributed by atoms with Crippen LogP contribution in [0.3, 0.4) is 0 Å². The van der Waals surface area contributed by atoms with E-state index < -0.39 is 0 Å². The Kier molecular flexibility index (Phi) is 5.91. The van der Waals surface area contributed by atoms with Gasteiger partial charge in [-0.2, -0.15) is 0 Å². The van der Waals surface area contributed by atoms with E-state index in [1.165, 1.54) is 0 Å². The number of benzene rings is 2. The van der Waals surface area contributed by atoms with Crippen molar-refractivity contribution in [3.63, 3.8) is 0 Å². The molecule has 0 aliphatic heterocycles. The highest BCUT2D eigenvalue weighted by Gasteiger charge is 2.10. The zero-order valence-electron chi connectivity index (χ0n) is 11.1. The van der Waals surface area contributed by atoms with Crippen molar-refractivity contribution in [2.75, 3.05) is 11.1 Å². The molecule has 0 aromatic heterocycles. The molecule has 0 heterocycles. The van der Waals surface area contributed by atoms with Gasteiger partial charge in [-0.1, -0.05) is 45.7 Å². The van der Waals surface area contributed by atoms with Gasteiger partial charge in [-0.3, -0.25) is 4.79 Å². The van der Waals surface area contributed by atoms with Crippen molar-refractivity contribution in [3.05, 3.63) is 70.2 Å². The summed E-state index contributed by atoms with van der Waals surface area (Å²) in [4.78, 5) is 13.3. The van der Waals surface area contributed by atoms with Crippen molar-refractivity contribution >= 4 is 50.9 Å². The first-order chi connectivity index (χ1) is 10.1. The van der Waals surface area contributed by atoms with E-state index in [0.29, 0.717) is 10.6 Å². The summed E-state index contributed by atoms with van der Waals surface area (Å²) in [6.45, 7) is 3.71. The molecule has 0 saturated heterocycles. The molecule has 0 radical (unpaired) electrons. The van der Waals surface area contributed by atoms with Crippen molar-refractivity contribution < 1.29 is 4.79 Å². The van der Waals surface area contributed by atoms with Crippen LogP contribution in [0.25, 0.3) is 0 Å². The van der Waals surface area contributed by atoms with Gasteiger partial charge in [0.1, 0.15) is 0 Å². The third-order valence-corrected chi connectivity index (χ3v) is 4.36. The first-order valence-corrected chi connectivity index (χ1v) is 8.36. The second-order valence-corrected chi connectivity index (χ2v) is 6.62. The largest absolute Gasteiger partial charge is 0.321 e. The molecule has 0 bridgehead atoms. The van der Waals surface area contributed by atoms with E-state index in [1.54, 1.807) is 30.0 Å². The molecule has 0 unspecified atom stereocenters. The number of thioether (sulfide) groups is 1. The number of anilines is 1. The zero-order chi connectivity index (χ0) is 15.2. The highest BCUT2D eigenvalue weighted by Crippen LogP contribution is 2.28. The van der Waals surface area contributed by atoms with Gasteiger partial charge < -0.3 is 5.32 Å². The van der Waals surface area contributed by atoms with Gasteiger partial charge in [0, 0.05) is 25.7 Å². The predicted octanol–water partition coefficient (Wildman–Crippen LogP) is 5.63. The average molecular weight is 383 g/mol. The van der Waals surface area contributed by atoms with Crippen molar-refractivity contribution in [2.24, 2.45) is 0 Å². The number of hydrogen-bond acceptors (Lipinski definition) is 2. The molecule has 2 aromatic rings. The lowest BCUT2D eigenvalue weighted by Crippen LogP contribution is -2.12. The van der Waals surface area contributed by atoms with E-state index in [1.807, 2.05) is 30.3 Å². The first kappa shape index (κ1) is 16.1. The second kappa shape index (κ2) is 7.69. The second-order valence-electron chi connectivity index (χ2n) is 4.21. The number of amides is 1. The number of halogens is 2. The van der Waals surface area contributed by atoms with Crippen LogP contribution in [0.1, 0.15) is 10.4 Å². The van der Waals surface area contributed by atoms with Crippen LogP contribution >= 0.6 is 39.3 Å². The Morgan fingerprint density at radius 2 is 2.10 bits per heavy atom. The standard InChI is InChI=1S/C16H13BrClNOS/c1-2-7-21-15-6-4-3-5-14(15)19-16(20)11-8-12(17)10-13(18)9-11/h2-6,8-10H,1,7H2,(H,19,20). The number of carbonyl (C=O) groups excluding carboxylic acids is 1. The molecule has 0 aliphatic rings. The van der Waals surface area contributed by atoms with Crippen LogP contribution in [-0.2, 0) is 0 Å². The van der Waals surface area contributed by atoms with Gasteiger partial charge in [0.15, 0.2) is 0 Å². The predicted molar refractivity (Wildman–Crippen MR) is 94.5 cm³/mol. The Morgan fingerprint density at radius 1 is 1.33 bits per heavy atom. The quantitative estimate of drug-likeness (QED) is 0.536. The van der Waals surface area contributed by atoms with Crippen molar-refractivity contribution in [2.45, 2.75) is 4.90 Å². The molecule has 0 saturated carbocycles. The third kappa shape index (κ3) is 4.63. The summed E-state index contributed by atoms with van der Waals surface area (Å²) in [6.07, 6.45) is 1.83. The van der Waals surface area contributed by atoms with E-state index >= 15 is 0 Å². The molecule has 0 fully saturated rings. The normalized spacial score (nSPS) is 10.2. The number of hydrogen-bond donors (Lipinski definition) is 1. The zero-order valence-corrected chi connectivity index (χ0v) is 14.3. The summed E-state index contributed by atoms with van der Waals surface area (Å²) >= 11 is 10.9. The van der Waals surface area contributed by atoms with Gasteiger partial charge in [-0.25, -0.2) is 0 Å². The van der Waals surface area contributed by atoms with Gasteiger partial charge in [0.25, 0.3) is 5.91 Å². The minimum Gasteiger partial charge on any atom is -0.321 e. The summed E-state index contributed by atoms with van der Waals surface area (Å²) in [7, 11) is 0. The van der Waals surface area contributed by atoms with Crippen molar-refractivity contribution in [3.8, 4) is 0 Å². The van der Waals surface area contributed by atoms with Crippen LogP contribution in [0.5, 0.6) is 0 Å². The maximum atomic E-state index is 12.3. The summed E-state index contributed by atoms with van der Waals surface area (Å²) in [5, 5.41) is 3.43. The molecule has 1 N–H and O–H groups in total. The summed E-state index contributed by atoms with van der Waals surface area (Å²) in [5.41, 5.74) is 1.29. The first-order valence-electron chi connectivity index (χ1n) is 6.20. The molecule has 0 spiro atoms. The fraction of sp³-hybridized carbons (Fsp3) is 0.0625. The van der Waals surface area contributed by atoms with E-state index in [9.17, 15) is 4.79 Å². The van der Waals surface area contributed by atoms with Gasteiger partial charge in [0.2, 0.25) is 0 Å². The fourth-order valence-electron chi connectivity index (χ4n) is 1.72. The maximum absolute atomic E-state index is 12.3. The monoisotopic (exact) mass is 381 g/mol. The molecule has 0 aliphatic carbocycles. The minimum absolute atomic E-state index is 0.190. The molecular formula is C16H13BrClNOS. The molecule has 2 nitrogen and oxygen atoms in total. The van der Waals surface area contributed by atoms with Crippen LogP contribution in [0.15, 0.2) is 64.5 Å². The Hall–Kier alpha value is -1.23. The molecule has 2 aromatic carbocycles. The van der Waals surface area contributed by atoms with E-state index in [0.717, 1.165) is 20.8 Å². The smallest absolute Gasteiger partial charge is 0.255 e. The Labute approximate surface area is 141 Å². The summed E-state index contributed by atoms with van der Waals surface area (Å²) < 4.78 is 0.773. The van der Waals surface area contributed by atoms with Crippen LogP contribution in [0, 0.1) is 0 Å². The number of nitrogens with one attached hydrogen (secondary N) is 1. The molecule has 1 amide bonds. The molecule has 21 heavy (non-hydrogen) atoms. The number of para-hydroxylation sites is 1. The maximum Gasteiger partial charge on any atom is 0.255 e. The van der Waals surface area contributed by atoms with Gasteiger partial charge in [0.05, 0.1) is 5.69 Å². The van der Waals surface area contributed by atoms with Crippen molar-refractivity contribution in [1.82, 2.24) is 0 Å². The van der Waals surface area contributed by atoms with Crippen LogP contribution < -0.4 is 5.32 Å². The lowest BCUT2D eigenvalue weighted by Gasteiger charge is -2.10. The molecule has 0 atom stereocenters. The van der Waals surface area contributed by atoms with Crippen LogP contribution in [-0.4, -0.2) is 11.7 Å². The topological polar surface area (TPSA) is 29.1 Å². The summed E-state index contributed by atoms with van der Waals surface area (Å²) in [6, 6.07) is 12.8. The van der Waals surface area contributed by atoms with E-state index in [2.05, 4.69) is 27.8 Å². The number of rotatable bonds is 5. The van der Waals surface area contributed by atoms with Gasteiger partial charge in [-0.15, -0.1) is 18.3 Å². The molecule has 5 heteroatoms. The highest BCUT2D eigenvalue weighted by molar-refractivity contribution is 9.10. The SMILES string of the molecule is C=CCSc1ccccc1NC(=O)c1cc(Cl)cc(Br)c1. The Morgan fingerprint density at radius 3 is 2.81 bits per heavy atom. The molecular weight excluding hydrogens is 370 g/mol. The van der Waals surface area contributed by atoms with Gasteiger partial charge >= 0.3 is 0 Å². The van der Waals surface area contributed by atoms with Crippen LogP contribution in [0.4, 0.5) is 5.69 Å². The fourth-order valence-corrected chi connectivity index (χ4v) is 3.33. The van der Waals surface area contributed by atoms with Gasteiger partial charge in [-0.05, 0) is 30.3 Å². The third-order valence-electron chi connectivity index (χ3n) is 2.62. The average Bonchev–Trinajstić information content (AvgIpc) is 2.45. The molecule has 108 valence electrons. The van der Waals surface area contributed by atoms with E-state index in [4.69, 9.17) is 11.6 Å².